The summed E-state index contributed by atoms with van der Waals surface area (Å²) in [7, 11) is -1.51. The Balaban J connectivity index is 0. The Hall–Kier alpha value is -1.76. The van der Waals surface area contributed by atoms with Crippen LogP contribution in [-0.2, 0) is 43.2 Å². The second kappa shape index (κ2) is 58.9. The van der Waals surface area contributed by atoms with Crippen LogP contribution in [0.25, 0.3) is 0 Å². The highest BCUT2D eigenvalue weighted by atomic mass is 32.3. The number of carbonyl (C=O) groups is 3. The fourth-order valence-corrected chi connectivity index (χ4v) is 9.61. The van der Waals surface area contributed by atoms with Crippen LogP contribution in [0.5, 0.6) is 0 Å². The number of nitrogens with zero attached hydrogens (tertiary/aromatic N) is 1. The van der Waals surface area contributed by atoms with Gasteiger partial charge >= 0.3 is 17.9 Å². The van der Waals surface area contributed by atoms with E-state index in [-0.39, 0.29) is 17.9 Å². The summed E-state index contributed by atoms with van der Waals surface area (Å²) in [5.41, 5.74) is 0. The van der Waals surface area contributed by atoms with E-state index >= 15 is 0 Å². The highest BCUT2D eigenvalue weighted by molar-refractivity contribution is 7.80. The highest BCUT2D eigenvalue weighted by Gasteiger charge is 2.24. The number of hydrogen-bond donors (Lipinski definition) is 0. The van der Waals surface area contributed by atoms with Gasteiger partial charge in [0.25, 0.3) is 0 Å². The van der Waals surface area contributed by atoms with E-state index in [4.69, 9.17) is 14.2 Å². The quantitative estimate of drug-likeness (QED) is 0.0144. The number of quaternary nitrogens is 1. The van der Waals surface area contributed by atoms with Crippen LogP contribution in [0.15, 0.2) is 0 Å². The first-order valence-electron chi connectivity index (χ1n) is 31.7. The van der Waals surface area contributed by atoms with Crippen molar-refractivity contribution in [2.24, 2.45) is 0 Å². The SMILES string of the molecule is CCCCCCCCCCCCCCCCCC(=O)OCC[N+](C)(CCOC(=O)CCCCCCCCCCCCCCCCC)CCOC(=O)CCCCCCCCCCCCCCCCC.COS(=O)(=O)[O-]. The van der Waals surface area contributed by atoms with Gasteiger partial charge < -0.3 is 23.2 Å². The maximum absolute atomic E-state index is 12.7. The van der Waals surface area contributed by atoms with E-state index in [9.17, 15) is 27.4 Å². The topological polar surface area (TPSA) is 145 Å². The van der Waals surface area contributed by atoms with Crippen LogP contribution in [-0.4, -0.2) is 89.0 Å². The average molecular weight is 1070 g/mol. The van der Waals surface area contributed by atoms with E-state index in [1.54, 1.807) is 0 Å². The molecule has 0 unspecified atom stereocenters. The molecule has 0 aliphatic carbocycles. The Bertz CT molecular complexity index is 1170. The number of esters is 3. The van der Waals surface area contributed by atoms with Crippen molar-refractivity contribution < 1.29 is 50.2 Å². The Morgan fingerprint density at radius 1 is 0.324 bits per heavy atom. The van der Waals surface area contributed by atoms with Crippen LogP contribution < -0.4 is 0 Å². The molecule has 0 bridgehead atoms. The fraction of sp³-hybridized carbons (Fsp3) is 0.952. The van der Waals surface area contributed by atoms with Crippen molar-refractivity contribution in [3.63, 3.8) is 0 Å². The predicted octanol–water partition coefficient (Wildman–Crippen LogP) is 17.9. The predicted molar refractivity (Wildman–Crippen MR) is 309 cm³/mol. The number of likely N-dealkylation sites (N-methyl/N-ethyl adjacent to an activating group) is 1. The molecule has 0 radical (unpaired) electrons. The van der Waals surface area contributed by atoms with Crippen molar-refractivity contribution in [3.8, 4) is 0 Å². The number of ether oxygens (including phenoxy) is 3. The minimum absolute atomic E-state index is 0.129. The van der Waals surface area contributed by atoms with Gasteiger partial charge in [0, 0.05) is 19.3 Å². The van der Waals surface area contributed by atoms with Crippen molar-refractivity contribution in [2.45, 2.75) is 329 Å². The molecule has 0 aromatic carbocycles. The molecule has 0 atom stereocenters. The lowest BCUT2D eigenvalue weighted by Gasteiger charge is -2.34. The van der Waals surface area contributed by atoms with Gasteiger partial charge in [0.15, 0.2) is 0 Å². The van der Waals surface area contributed by atoms with E-state index in [1.165, 1.54) is 250 Å². The zero-order chi connectivity index (χ0) is 54.7. The maximum Gasteiger partial charge on any atom is 0.305 e. The van der Waals surface area contributed by atoms with Gasteiger partial charge in [-0.25, -0.2) is 8.42 Å². The summed E-state index contributed by atoms with van der Waals surface area (Å²) >= 11 is 0. The molecule has 11 nitrogen and oxygen atoms in total. The second-order valence-electron chi connectivity index (χ2n) is 22.1. The van der Waals surface area contributed by atoms with Gasteiger partial charge in [0.05, 0.1) is 14.2 Å². The largest absolute Gasteiger partial charge is 0.726 e. The summed E-state index contributed by atoms with van der Waals surface area (Å²) in [6.07, 6.45) is 60.1. The third-order valence-electron chi connectivity index (χ3n) is 14.8. The molecule has 0 heterocycles. The Morgan fingerprint density at radius 2 is 0.473 bits per heavy atom. The molecule has 0 spiro atoms. The Labute approximate surface area is 459 Å². The standard InChI is InChI=1S/C61H120NO6.CH4O4S/c1-5-8-11-14-17-20-23-26-29-32-35-38-41-44-47-50-59(63)66-56-53-62(4,54-57-67-60(64)51-48-45-42-39-36-33-30-27-24-21-18-15-12-9-6-2)55-58-68-61(65)52-49-46-43-40-37-34-31-28-25-22-19-16-13-10-7-3;1-5-6(2,3)4/h5-58H2,1-4H3;1H3,(H,2,3,4)/q+1;/p-1. The number of carbonyl (C=O) groups excluding carboxylic acids is 3. The summed E-state index contributed by atoms with van der Waals surface area (Å²) in [4.78, 5) is 38.0. The monoisotopic (exact) mass is 1070 g/mol. The number of hydrogen-bond acceptors (Lipinski definition) is 10. The first-order valence-corrected chi connectivity index (χ1v) is 33.1. The minimum atomic E-state index is -4.41. The van der Waals surface area contributed by atoms with Crippen molar-refractivity contribution >= 4 is 28.3 Å². The average Bonchev–Trinajstić information content (AvgIpc) is 3.37. The van der Waals surface area contributed by atoms with E-state index in [1.807, 2.05) is 0 Å². The molecule has 0 saturated heterocycles. The molecule has 0 aliphatic heterocycles. The van der Waals surface area contributed by atoms with Gasteiger partial charge in [-0.1, -0.05) is 290 Å². The van der Waals surface area contributed by atoms with E-state index in [0.29, 0.717) is 63.2 Å². The summed E-state index contributed by atoms with van der Waals surface area (Å²) in [5.74, 6) is -0.386. The molecule has 442 valence electrons. The third-order valence-corrected chi connectivity index (χ3v) is 15.2. The molecule has 0 N–H and O–H groups in total. The zero-order valence-electron chi connectivity index (χ0n) is 49.6. The zero-order valence-corrected chi connectivity index (χ0v) is 50.4. The third kappa shape index (κ3) is 62.8. The van der Waals surface area contributed by atoms with Crippen LogP contribution in [0, 0.1) is 0 Å². The van der Waals surface area contributed by atoms with Crippen molar-refractivity contribution in [2.75, 3.05) is 53.6 Å². The lowest BCUT2D eigenvalue weighted by molar-refractivity contribution is -0.910. The summed E-state index contributed by atoms with van der Waals surface area (Å²) in [6.45, 7) is 9.57. The Kier molecular flexibility index (Phi) is 59.2. The van der Waals surface area contributed by atoms with Crippen molar-refractivity contribution in [1.82, 2.24) is 0 Å². The molecular weight excluding hydrogens is 951 g/mol. The Morgan fingerprint density at radius 3 is 0.622 bits per heavy atom. The van der Waals surface area contributed by atoms with Gasteiger partial charge in [0.1, 0.15) is 39.5 Å². The molecule has 0 aromatic rings. The summed E-state index contributed by atoms with van der Waals surface area (Å²) in [5, 5.41) is 0. The van der Waals surface area contributed by atoms with E-state index in [0.717, 1.165) is 45.6 Å². The molecule has 0 aromatic heterocycles. The van der Waals surface area contributed by atoms with Crippen LogP contribution in [0.4, 0.5) is 0 Å². The number of rotatable bonds is 58. The van der Waals surface area contributed by atoms with Gasteiger partial charge in [-0.3, -0.25) is 18.6 Å². The van der Waals surface area contributed by atoms with Gasteiger partial charge in [-0.15, -0.1) is 0 Å². The molecule has 12 heteroatoms. The van der Waals surface area contributed by atoms with Gasteiger partial charge in [-0.05, 0) is 19.3 Å². The van der Waals surface area contributed by atoms with Crippen LogP contribution in [0.2, 0.25) is 0 Å². The lowest BCUT2D eigenvalue weighted by atomic mass is 10.0. The first-order chi connectivity index (χ1) is 35.9. The van der Waals surface area contributed by atoms with Gasteiger partial charge in [0.2, 0.25) is 10.4 Å². The van der Waals surface area contributed by atoms with Gasteiger partial charge in [-0.2, -0.15) is 0 Å². The molecular formula is C62H123NO10S. The molecule has 74 heavy (non-hydrogen) atoms. The first kappa shape index (κ1) is 74.3. The molecule has 0 rings (SSSR count). The van der Waals surface area contributed by atoms with Crippen molar-refractivity contribution in [1.29, 1.82) is 0 Å². The highest BCUT2D eigenvalue weighted by Crippen LogP contribution is 2.18. The second-order valence-corrected chi connectivity index (χ2v) is 23.3. The maximum atomic E-state index is 12.7. The number of unbranched alkanes of at least 4 members (excludes halogenated alkanes) is 42. The van der Waals surface area contributed by atoms with E-state index in [2.05, 4.69) is 32.0 Å². The lowest BCUT2D eigenvalue weighted by Crippen LogP contribution is -2.51. The molecule has 0 saturated carbocycles. The normalized spacial score (nSPS) is 11.6. The minimum Gasteiger partial charge on any atom is -0.726 e. The fourth-order valence-electron chi connectivity index (χ4n) is 9.61. The molecule has 0 amide bonds. The summed E-state index contributed by atoms with van der Waals surface area (Å²) < 4.78 is 48.7. The summed E-state index contributed by atoms with van der Waals surface area (Å²) in [6, 6.07) is 0. The van der Waals surface area contributed by atoms with Crippen LogP contribution in [0.1, 0.15) is 329 Å². The van der Waals surface area contributed by atoms with E-state index < -0.39 is 10.4 Å². The van der Waals surface area contributed by atoms with Crippen molar-refractivity contribution in [3.05, 3.63) is 0 Å². The van der Waals surface area contributed by atoms with Crippen LogP contribution >= 0.6 is 0 Å². The van der Waals surface area contributed by atoms with Crippen LogP contribution in [0.3, 0.4) is 0 Å². The molecule has 0 aliphatic rings. The molecule has 0 fully saturated rings. The smallest absolute Gasteiger partial charge is 0.305 e.